The summed E-state index contributed by atoms with van der Waals surface area (Å²) >= 11 is 0. The SMILES string of the molecule is C=Nc1c(C(N)=NC)ncn1[C@@H]1O[C@@H]2C(C)OP(=O)(OC(C)C)O[C@H]2[C@H]1O. The molecule has 6 atom stereocenters. The van der Waals surface area contributed by atoms with Crippen LogP contribution >= 0.6 is 7.82 Å². The quantitative estimate of drug-likeness (QED) is 0.425. The maximum absolute atomic E-state index is 12.7. The second-order valence-electron chi connectivity index (χ2n) is 6.55. The van der Waals surface area contributed by atoms with Crippen LogP contribution in [0.15, 0.2) is 16.3 Å². The van der Waals surface area contributed by atoms with Crippen molar-refractivity contribution < 1.29 is 28.0 Å². The van der Waals surface area contributed by atoms with E-state index in [1.165, 1.54) is 17.9 Å². The Kier molecular flexibility index (Phi) is 5.53. The van der Waals surface area contributed by atoms with Crippen molar-refractivity contribution in [3.63, 3.8) is 0 Å². The third-order valence-electron chi connectivity index (χ3n) is 4.27. The Morgan fingerprint density at radius 2 is 2.19 bits per heavy atom. The molecule has 11 nitrogen and oxygen atoms in total. The van der Waals surface area contributed by atoms with Crippen LogP contribution in [0.1, 0.15) is 32.7 Å². The van der Waals surface area contributed by atoms with Gasteiger partial charge in [0.05, 0.1) is 18.5 Å². The molecule has 2 saturated heterocycles. The summed E-state index contributed by atoms with van der Waals surface area (Å²) in [5.41, 5.74) is 6.14. The van der Waals surface area contributed by atoms with Gasteiger partial charge in [-0.05, 0) is 27.5 Å². The number of aliphatic hydroxyl groups is 1. The molecular weight excluding hydrogens is 377 g/mol. The predicted molar refractivity (Wildman–Crippen MR) is 97.2 cm³/mol. The van der Waals surface area contributed by atoms with E-state index >= 15 is 0 Å². The summed E-state index contributed by atoms with van der Waals surface area (Å²) in [4.78, 5) is 12.0. The minimum Gasteiger partial charge on any atom is -0.386 e. The minimum atomic E-state index is -3.83. The highest BCUT2D eigenvalue weighted by Gasteiger charge is 2.56. The van der Waals surface area contributed by atoms with Gasteiger partial charge in [0, 0.05) is 7.05 Å². The van der Waals surface area contributed by atoms with E-state index in [4.69, 9.17) is 24.0 Å². The number of phosphoric acid groups is 1. The molecule has 0 radical (unpaired) electrons. The van der Waals surface area contributed by atoms with Gasteiger partial charge in [-0.25, -0.2) is 14.5 Å². The smallest absolute Gasteiger partial charge is 0.386 e. The van der Waals surface area contributed by atoms with Gasteiger partial charge in [-0.3, -0.25) is 23.1 Å². The molecular formula is C15H24N5O6P. The second kappa shape index (κ2) is 7.42. The molecule has 2 fully saturated rings. The maximum atomic E-state index is 12.7. The molecule has 0 amide bonds. The highest BCUT2D eigenvalue weighted by Crippen LogP contribution is 2.59. The van der Waals surface area contributed by atoms with Crippen LogP contribution in [0.5, 0.6) is 0 Å². The fourth-order valence-electron chi connectivity index (χ4n) is 3.14. The normalized spacial score (nSPS) is 36.8. The zero-order valence-corrected chi connectivity index (χ0v) is 16.4. The van der Waals surface area contributed by atoms with E-state index in [1.807, 2.05) is 0 Å². The summed E-state index contributed by atoms with van der Waals surface area (Å²) in [7, 11) is -2.30. The Morgan fingerprint density at radius 1 is 1.48 bits per heavy atom. The Balaban J connectivity index is 1.91. The average molecular weight is 401 g/mol. The molecule has 27 heavy (non-hydrogen) atoms. The van der Waals surface area contributed by atoms with Gasteiger partial charge in [0.15, 0.2) is 12.0 Å². The first kappa shape index (κ1) is 20.1. The first-order chi connectivity index (χ1) is 12.7. The summed E-state index contributed by atoms with van der Waals surface area (Å²) < 4.78 is 36.4. The van der Waals surface area contributed by atoms with Gasteiger partial charge in [-0.2, -0.15) is 0 Å². The van der Waals surface area contributed by atoms with E-state index in [0.29, 0.717) is 5.69 Å². The van der Waals surface area contributed by atoms with E-state index in [-0.39, 0.29) is 17.8 Å². The Morgan fingerprint density at radius 3 is 2.78 bits per heavy atom. The van der Waals surface area contributed by atoms with Crippen molar-refractivity contribution >= 4 is 26.2 Å². The number of nitrogens with zero attached hydrogens (tertiary/aromatic N) is 4. The number of aliphatic imine (C=N–C) groups is 2. The maximum Gasteiger partial charge on any atom is 0.475 e. The number of hydrogen-bond acceptors (Lipinski definition) is 9. The number of imidazole rings is 1. The lowest BCUT2D eigenvalue weighted by Crippen LogP contribution is -2.44. The van der Waals surface area contributed by atoms with Crippen molar-refractivity contribution in [2.24, 2.45) is 15.7 Å². The standard InChI is InChI=1S/C15H24N5O6P/c1-7(2)24-27(22)25-8(3)11-12(26-27)10(21)15(23-11)20-6-19-9(13(16)17-4)14(20)18-5/h6-8,10-12,15,21H,5H2,1-4H3,(H2,16,17)/t8?,10-,11-,12+,15-,27?/m1/s1. The first-order valence-electron chi connectivity index (χ1n) is 8.45. The van der Waals surface area contributed by atoms with Crippen molar-refractivity contribution in [2.45, 2.75) is 57.5 Å². The summed E-state index contributed by atoms with van der Waals surface area (Å²) in [5, 5.41) is 10.8. The van der Waals surface area contributed by atoms with Gasteiger partial charge in [0.2, 0.25) is 0 Å². The van der Waals surface area contributed by atoms with Gasteiger partial charge in [-0.15, -0.1) is 0 Å². The molecule has 0 bridgehead atoms. The topological polar surface area (TPSA) is 143 Å². The Hall–Kier alpha value is -1.62. The number of nitrogens with two attached hydrogens (primary N) is 1. The third kappa shape index (κ3) is 3.58. The zero-order valence-electron chi connectivity index (χ0n) is 15.6. The summed E-state index contributed by atoms with van der Waals surface area (Å²) in [5.74, 6) is 0.458. The monoisotopic (exact) mass is 401 g/mol. The fraction of sp³-hybridized carbons (Fsp3) is 0.667. The number of hydrogen-bond donors (Lipinski definition) is 2. The lowest BCUT2D eigenvalue weighted by molar-refractivity contribution is -0.106. The molecule has 1 aromatic rings. The van der Waals surface area contributed by atoms with Crippen LogP contribution in [0.2, 0.25) is 0 Å². The molecule has 1 aromatic heterocycles. The molecule has 0 spiro atoms. The van der Waals surface area contributed by atoms with Crippen LogP contribution in [0.3, 0.4) is 0 Å². The zero-order chi connectivity index (χ0) is 19.9. The van der Waals surface area contributed by atoms with Crippen LogP contribution in [-0.2, 0) is 22.9 Å². The van der Waals surface area contributed by atoms with Gasteiger partial charge in [-0.1, -0.05) is 0 Å². The number of ether oxygens (including phenoxy) is 1. The highest BCUT2D eigenvalue weighted by molar-refractivity contribution is 7.48. The summed E-state index contributed by atoms with van der Waals surface area (Å²) in [6, 6.07) is 0. The van der Waals surface area contributed by atoms with Crippen LogP contribution in [-0.4, -0.2) is 64.8 Å². The highest BCUT2D eigenvalue weighted by atomic mass is 31.2. The molecule has 0 saturated carbocycles. The van der Waals surface area contributed by atoms with Crippen molar-refractivity contribution in [1.82, 2.24) is 9.55 Å². The van der Waals surface area contributed by atoms with Crippen molar-refractivity contribution in [1.29, 1.82) is 0 Å². The molecule has 3 heterocycles. The van der Waals surface area contributed by atoms with Crippen LogP contribution in [0.4, 0.5) is 5.82 Å². The molecule has 0 aromatic carbocycles. The number of fused-ring (bicyclic) bond motifs is 1. The minimum absolute atomic E-state index is 0.170. The van der Waals surface area contributed by atoms with Crippen molar-refractivity contribution in [3.8, 4) is 0 Å². The van der Waals surface area contributed by atoms with E-state index in [1.54, 1.807) is 20.8 Å². The Bertz CT molecular complexity index is 796. The van der Waals surface area contributed by atoms with Crippen LogP contribution in [0.25, 0.3) is 0 Å². The van der Waals surface area contributed by atoms with Crippen molar-refractivity contribution in [2.75, 3.05) is 7.05 Å². The molecule has 2 aliphatic rings. The average Bonchev–Trinajstić information content (AvgIpc) is 3.14. The number of aromatic nitrogens is 2. The summed E-state index contributed by atoms with van der Waals surface area (Å²) in [6.45, 7) is 8.62. The first-order valence-corrected chi connectivity index (χ1v) is 9.91. The molecule has 0 aliphatic carbocycles. The number of amidine groups is 1. The molecule has 12 heteroatoms. The molecule has 3 N–H and O–H groups in total. The second-order valence-corrected chi connectivity index (χ2v) is 8.08. The molecule has 2 unspecified atom stereocenters. The van der Waals surface area contributed by atoms with E-state index < -0.39 is 38.5 Å². The number of aliphatic hydroxyl groups excluding tert-OH is 1. The van der Waals surface area contributed by atoms with Gasteiger partial charge < -0.3 is 15.6 Å². The van der Waals surface area contributed by atoms with Crippen molar-refractivity contribution in [3.05, 3.63) is 12.0 Å². The third-order valence-corrected chi connectivity index (χ3v) is 6.05. The summed E-state index contributed by atoms with van der Waals surface area (Å²) in [6.07, 6.45) is -3.25. The Labute approximate surface area is 156 Å². The molecule has 150 valence electrons. The number of phosphoric ester groups is 1. The van der Waals surface area contributed by atoms with Gasteiger partial charge in [0.25, 0.3) is 0 Å². The van der Waals surface area contributed by atoms with Gasteiger partial charge >= 0.3 is 7.82 Å². The van der Waals surface area contributed by atoms with Gasteiger partial charge in [0.1, 0.15) is 29.8 Å². The van der Waals surface area contributed by atoms with Crippen LogP contribution in [0, 0.1) is 0 Å². The van der Waals surface area contributed by atoms with E-state index in [0.717, 1.165) is 0 Å². The molecule has 2 aliphatic heterocycles. The van der Waals surface area contributed by atoms with E-state index in [2.05, 4.69) is 21.7 Å². The molecule has 3 rings (SSSR count). The lowest BCUT2D eigenvalue weighted by Gasteiger charge is -2.35. The van der Waals surface area contributed by atoms with Crippen LogP contribution < -0.4 is 5.73 Å². The predicted octanol–water partition coefficient (Wildman–Crippen LogP) is 1.15. The lowest BCUT2D eigenvalue weighted by atomic mass is 10.1. The fourth-order valence-corrected chi connectivity index (χ4v) is 4.87. The van der Waals surface area contributed by atoms with E-state index in [9.17, 15) is 9.67 Å². The number of rotatable bonds is 5. The largest absolute Gasteiger partial charge is 0.475 e.